The van der Waals surface area contributed by atoms with E-state index in [1.54, 1.807) is 0 Å². The topological polar surface area (TPSA) is 298 Å². The Morgan fingerprint density at radius 1 is 0.652 bits per heavy atom. The molecular formula is C48H80O18. The molecule has 0 radical (unpaired) electrons. The quantitative estimate of drug-likeness (QED) is 0.106. The van der Waals surface area contributed by atoms with Crippen LogP contribution in [-0.2, 0) is 28.4 Å². The van der Waals surface area contributed by atoms with E-state index in [-0.39, 0.29) is 39.9 Å². The Hall–Kier alpha value is -1.24. The van der Waals surface area contributed by atoms with E-state index < -0.39 is 136 Å². The van der Waals surface area contributed by atoms with Crippen LogP contribution in [0.5, 0.6) is 0 Å². The van der Waals surface area contributed by atoms with Crippen molar-refractivity contribution in [3.63, 3.8) is 0 Å². The monoisotopic (exact) mass is 945 g/mol. The molecule has 0 spiro atoms. The van der Waals surface area contributed by atoms with E-state index in [4.69, 9.17) is 28.4 Å². The van der Waals surface area contributed by atoms with Gasteiger partial charge in [-0.15, -0.1) is 0 Å². The number of fused-ring (bicyclic) bond motifs is 5. The van der Waals surface area contributed by atoms with Crippen molar-refractivity contribution in [1.82, 2.24) is 0 Å². The van der Waals surface area contributed by atoms with E-state index in [1.807, 2.05) is 19.9 Å². The normalized spacial score (nSPS) is 51.2. The fourth-order valence-electron chi connectivity index (χ4n) is 14.0. The number of aliphatic hydroxyl groups excluding tert-OH is 12. The zero-order valence-corrected chi connectivity index (χ0v) is 39.7. The average Bonchev–Trinajstić information content (AvgIpc) is 3.54. The van der Waals surface area contributed by atoms with Gasteiger partial charge in [0, 0.05) is 11.3 Å². The molecule has 7 rings (SSSR count). The van der Waals surface area contributed by atoms with Crippen molar-refractivity contribution >= 4 is 0 Å². The maximum Gasteiger partial charge on any atom is 0.187 e. The molecule has 0 aromatic heterocycles. The number of aliphatic hydroxyl groups is 12. The van der Waals surface area contributed by atoms with Crippen LogP contribution < -0.4 is 0 Å². The lowest BCUT2D eigenvalue weighted by molar-refractivity contribution is -0.370. The Labute approximate surface area is 388 Å². The maximum absolute atomic E-state index is 11.4. The van der Waals surface area contributed by atoms with Crippen molar-refractivity contribution in [2.24, 2.45) is 45.3 Å². The molecule has 18 heteroatoms. The second-order valence-corrected chi connectivity index (χ2v) is 22.4. The largest absolute Gasteiger partial charge is 0.394 e. The van der Waals surface area contributed by atoms with E-state index in [0.29, 0.717) is 12.8 Å². The first kappa shape index (κ1) is 52.6. The van der Waals surface area contributed by atoms with Crippen LogP contribution >= 0.6 is 0 Å². The molecule has 66 heavy (non-hydrogen) atoms. The molecule has 380 valence electrons. The van der Waals surface area contributed by atoms with Crippen LogP contribution in [0.15, 0.2) is 23.3 Å². The molecule has 3 heterocycles. The van der Waals surface area contributed by atoms with Gasteiger partial charge in [-0.3, -0.25) is 0 Å². The van der Waals surface area contributed by atoms with Crippen molar-refractivity contribution in [2.45, 2.75) is 211 Å². The summed E-state index contributed by atoms with van der Waals surface area (Å²) < 4.78 is 37.1. The van der Waals surface area contributed by atoms with Gasteiger partial charge in [-0.1, -0.05) is 64.8 Å². The van der Waals surface area contributed by atoms with Gasteiger partial charge in [-0.2, -0.15) is 0 Å². The summed E-state index contributed by atoms with van der Waals surface area (Å²) in [7, 11) is 0. The zero-order chi connectivity index (χ0) is 48.6. The summed E-state index contributed by atoms with van der Waals surface area (Å²) in [5.41, 5.74) is 0.543. The molecule has 25 unspecified atom stereocenters. The summed E-state index contributed by atoms with van der Waals surface area (Å²) in [4.78, 5) is 0. The third-order valence-corrected chi connectivity index (χ3v) is 18.1. The van der Waals surface area contributed by atoms with Gasteiger partial charge in [-0.05, 0) is 92.8 Å². The van der Waals surface area contributed by atoms with Gasteiger partial charge >= 0.3 is 0 Å². The number of hydrogen-bond acceptors (Lipinski definition) is 18. The lowest BCUT2D eigenvalue weighted by atomic mass is 9.38. The highest BCUT2D eigenvalue weighted by atomic mass is 16.8. The van der Waals surface area contributed by atoms with Gasteiger partial charge in [0.2, 0.25) is 0 Å². The minimum absolute atomic E-state index is 0.0163. The molecule has 25 atom stereocenters. The molecule has 3 saturated heterocycles. The Balaban J connectivity index is 1.18. The first-order chi connectivity index (χ1) is 30.9. The molecule has 0 aromatic carbocycles. The molecular weight excluding hydrogens is 865 g/mol. The summed E-state index contributed by atoms with van der Waals surface area (Å²) in [6.07, 6.45) is -15.4. The fraction of sp³-hybridized carbons (Fsp3) is 0.917. The van der Waals surface area contributed by atoms with E-state index in [9.17, 15) is 61.3 Å². The second-order valence-electron chi connectivity index (χ2n) is 22.4. The highest BCUT2D eigenvalue weighted by Crippen LogP contribution is 2.75. The Bertz CT molecular complexity index is 1720. The summed E-state index contributed by atoms with van der Waals surface area (Å²) in [6.45, 7) is 15.2. The fourth-order valence-corrected chi connectivity index (χ4v) is 14.0. The van der Waals surface area contributed by atoms with Gasteiger partial charge in [-0.25, -0.2) is 0 Å². The molecule has 7 aliphatic rings. The zero-order valence-electron chi connectivity index (χ0n) is 39.7. The molecule has 6 fully saturated rings. The standard InChI is InChI=1S/C48H80O18/c1-21(2)15-23(61-44-40(37(58)34(55)30(20-51)65-44)66-43-39(60)36(57)33(54)29(19-50)64-43)16-22(3)24-11-12-48(8)41-27(62-42-38(59)35(56)32(53)28(18-49)63-42)17-26-25(9-10-31(52)45(26,4)5)46(41,6)13-14-47(24,48)7/h15,17,22-25,27-44,49-60H,9-14,16,18-20H2,1-8H3. The number of hydrogen-bond donors (Lipinski definition) is 12. The molecule has 0 bridgehead atoms. The smallest absolute Gasteiger partial charge is 0.187 e. The van der Waals surface area contributed by atoms with Crippen LogP contribution in [0.25, 0.3) is 0 Å². The Kier molecular flexibility index (Phi) is 15.7. The summed E-state index contributed by atoms with van der Waals surface area (Å²) in [6, 6.07) is 0. The summed E-state index contributed by atoms with van der Waals surface area (Å²) in [5, 5.41) is 128. The summed E-state index contributed by atoms with van der Waals surface area (Å²) in [5.74, 6) is 0.201. The number of ether oxygens (including phenoxy) is 6. The minimum atomic E-state index is -1.81. The van der Waals surface area contributed by atoms with E-state index >= 15 is 0 Å². The second kappa shape index (κ2) is 19.8. The third kappa shape index (κ3) is 8.93. The summed E-state index contributed by atoms with van der Waals surface area (Å²) >= 11 is 0. The van der Waals surface area contributed by atoms with Crippen LogP contribution in [0.1, 0.15) is 100 Å². The number of allylic oxidation sites excluding steroid dienone is 1. The van der Waals surface area contributed by atoms with Gasteiger partial charge in [0.25, 0.3) is 0 Å². The lowest BCUT2D eigenvalue weighted by Gasteiger charge is -2.67. The third-order valence-electron chi connectivity index (χ3n) is 18.1. The Morgan fingerprint density at radius 2 is 1.18 bits per heavy atom. The van der Waals surface area contributed by atoms with E-state index in [2.05, 4.69) is 47.6 Å². The first-order valence-electron chi connectivity index (χ1n) is 24.1. The predicted molar refractivity (Wildman–Crippen MR) is 233 cm³/mol. The molecule has 4 aliphatic carbocycles. The predicted octanol–water partition coefficient (Wildman–Crippen LogP) is -0.251. The van der Waals surface area contributed by atoms with Crippen LogP contribution in [0.3, 0.4) is 0 Å². The molecule has 18 nitrogen and oxygen atoms in total. The van der Waals surface area contributed by atoms with Crippen molar-refractivity contribution in [3.05, 3.63) is 23.3 Å². The van der Waals surface area contributed by atoms with Gasteiger partial charge in [0.15, 0.2) is 18.9 Å². The van der Waals surface area contributed by atoms with Gasteiger partial charge in [0.1, 0.15) is 73.2 Å². The first-order valence-corrected chi connectivity index (χ1v) is 24.1. The van der Waals surface area contributed by atoms with Crippen molar-refractivity contribution < 1.29 is 89.7 Å². The van der Waals surface area contributed by atoms with Crippen LogP contribution in [0, 0.1) is 45.3 Å². The van der Waals surface area contributed by atoms with Crippen molar-refractivity contribution in [3.8, 4) is 0 Å². The molecule has 0 amide bonds. The average molecular weight is 945 g/mol. The SMILES string of the molecule is CC(C)=CC(CC(C)C1CCC2(C)C3C(OC4OC(CO)C(O)C(O)C4O)C=C4C(CCC(O)C4(C)C)C3(C)CCC12C)OC1OC(CO)C(O)C(O)C1OC1OC(CO)C(O)C(O)C1O. The van der Waals surface area contributed by atoms with Gasteiger partial charge in [0.05, 0.1) is 38.1 Å². The lowest BCUT2D eigenvalue weighted by Crippen LogP contribution is -2.65. The maximum atomic E-state index is 11.4. The molecule has 3 saturated carbocycles. The molecule has 0 aromatic rings. The van der Waals surface area contributed by atoms with E-state index in [0.717, 1.165) is 43.3 Å². The van der Waals surface area contributed by atoms with Crippen LogP contribution in [0.4, 0.5) is 0 Å². The van der Waals surface area contributed by atoms with Crippen molar-refractivity contribution in [2.75, 3.05) is 19.8 Å². The number of rotatable bonds is 13. The molecule has 12 N–H and O–H groups in total. The van der Waals surface area contributed by atoms with Crippen LogP contribution in [-0.4, -0.2) is 192 Å². The molecule has 3 aliphatic heterocycles. The van der Waals surface area contributed by atoms with Crippen LogP contribution in [0.2, 0.25) is 0 Å². The highest BCUT2D eigenvalue weighted by molar-refractivity contribution is 5.33. The van der Waals surface area contributed by atoms with Crippen molar-refractivity contribution in [1.29, 1.82) is 0 Å². The van der Waals surface area contributed by atoms with E-state index in [1.165, 1.54) is 0 Å². The van der Waals surface area contributed by atoms with Gasteiger partial charge < -0.3 is 89.7 Å². The Morgan fingerprint density at radius 3 is 1.73 bits per heavy atom. The minimum Gasteiger partial charge on any atom is -0.394 e. The highest BCUT2D eigenvalue weighted by Gasteiger charge is 2.70.